The van der Waals surface area contributed by atoms with Crippen molar-refractivity contribution in [3.8, 4) is 11.5 Å². The van der Waals surface area contributed by atoms with Crippen LogP contribution in [-0.4, -0.2) is 30.0 Å². The molecular weight excluding hydrogens is 252 g/mol. The third-order valence-corrected chi connectivity index (χ3v) is 3.27. The van der Waals surface area contributed by atoms with E-state index in [-0.39, 0.29) is 0 Å². The van der Waals surface area contributed by atoms with Gasteiger partial charge in [-0.2, -0.15) is 0 Å². The molecule has 0 aliphatic carbocycles. The summed E-state index contributed by atoms with van der Waals surface area (Å²) < 4.78 is 11.1. The highest BCUT2D eigenvalue weighted by molar-refractivity contribution is 7.99. The van der Waals surface area contributed by atoms with Gasteiger partial charge in [0, 0.05) is 23.1 Å². The SMILES string of the molecule is O=C(O)C=CCSc1ccc2c(c1)OCCCO2. The molecule has 18 heavy (non-hydrogen) atoms. The summed E-state index contributed by atoms with van der Waals surface area (Å²) in [5, 5.41) is 8.47. The first-order valence-electron chi connectivity index (χ1n) is 5.67. The van der Waals surface area contributed by atoms with Crippen LogP contribution in [0.5, 0.6) is 11.5 Å². The van der Waals surface area contributed by atoms with Crippen LogP contribution in [0.3, 0.4) is 0 Å². The second-order valence-corrected chi connectivity index (χ2v) is 4.80. The molecule has 0 radical (unpaired) electrons. The fourth-order valence-electron chi connectivity index (χ4n) is 1.53. The van der Waals surface area contributed by atoms with Gasteiger partial charge in [-0.3, -0.25) is 0 Å². The lowest BCUT2D eigenvalue weighted by Crippen LogP contribution is -1.97. The number of carbonyl (C=O) groups is 1. The Hall–Kier alpha value is -1.62. The Morgan fingerprint density at radius 1 is 1.33 bits per heavy atom. The molecule has 0 fully saturated rings. The van der Waals surface area contributed by atoms with E-state index < -0.39 is 5.97 Å². The van der Waals surface area contributed by atoms with E-state index in [0.29, 0.717) is 19.0 Å². The van der Waals surface area contributed by atoms with Gasteiger partial charge < -0.3 is 14.6 Å². The van der Waals surface area contributed by atoms with Crippen LogP contribution in [0.2, 0.25) is 0 Å². The van der Waals surface area contributed by atoms with Gasteiger partial charge >= 0.3 is 5.97 Å². The quantitative estimate of drug-likeness (QED) is 0.670. The van der Waals surface area contributed by atoms with Gasteiger partial charge in [-0.15, -0.1) is 11.8 Å². The van der Waals surface area contributed by atoms with Crippen molar-refractivity contribution in [2.45, 2.75) is 11.3 Å². The average Bonchev–Trinajstić information content (AvgIpc) is 2.59. The summed E-state index contributed by atoms with van der Waals surface area (Å²) in [6.07, 6.45) is 3.66. The minimum atomic E-state index is -0.922. The number of carboxylic acids is 1. The highest BCUT2D eigenvalue weighted by Crippen LogP contribution is 2.33. The first-order chi connectivity index (χ1) is 8.75. The van der Waals surface area contributed by atoms with Gasteiger partial charge in [0.15, 0.2) is 11.5 Å². The van der Waals surface area contributed by atoms with Crippen molar-refractivity contribution < 1.29 is 19.4 Å². The predicted molar refractivity (Wildman–Crippen MR) is 69.5 cm³/mol. The van der Waals surface area contributed by atoms with Crippen LogP contribution in [0.1, 0.15) is 6.42 Å². The minimum absolute atomic E-state index is 0.617. The molecule has 0 saturated heterocycles. The van der Waals surface area contributed by atoms with Crippen molar-refractivity contribution in [1.82, 2.24) is 0 Å². The number of fused-ring (bicyclic) bond motifs is 1. The van der Waals surface area contributed by atoms with E-state index in [1.807, 2.05) is 18.2 Å². The molecule has 1 aromatic rings. The summed E-state index contributed by atoms with van der Waals surface area (Å²) in [6.45, 7) is 1.35. The molecule has 0 amide bonds. The molecule has 1 heterocycles. The zero-order valence-electron chi connectivity index (χ0n) is 9.80. The third-order valence-electron chi connectivity index (χ3n) is 2.33. The molecule has 0 saturated carbocycles. The van der Waals surface area contributed by atoms with Gasteiger partial charge in [0.25, 0.3) is 0 Å². The fraction of sp³-hybridized carbons (Fsp3) is 0.308. The Balaban J connectivity index is 1.97. The van der Waals surface area contributed by atoms with Crippen molar-refractivity contribution >= 4 is 17.7 Å². The van der Waals surface area contributed by atoms with Crippen molar-refractivity contribution in [2.75, 3.05) is 19.0 Å². The Morgan fingerprint density at radius 3 is 2.89 bits per heavy atom. The second kappa shape index (κ2) is 6.35. The molecule has 0 aromatic heterocycles. The lowest BCUT2D eigenvalue weighted by molar-refractivity contribution is -0.131. The molecule has 0 spiro atoms. The van der Waals surface area contributed by atoms with Gasteiger partial charge in [0.1, 0.15) is 0 Å². The number of aliphatic carboxylic acids is 1. The summed E-state index contributed by atoms with van der Waals surface area (Å²) in [5.41, 5.74) is 0. The lowest BCUT2D eigenvalue weighted by Gasteiger charge is -2.08. The van der Waals surface area contributed by atoms with Crippen LogP contribution in [-0.2, 0) is 4.79 Å². The number of ether oxygens (including phenoxy) is 2. The molecule has 4 nitrogen and oxygen atoms in total. The minimum Gasteiger partial charge on any atom is -0.490 e. The van der Waals surface area contributed by atoms with Gasteiger partial charge in [-0.25, -0.2) is 4.79 Å². The molecular formula is C13H14O4S. The maximum absolute atomic E-state index is 10.3. The number of benzene rings is 1. The highest BCUT2D eigenvalue weighted by atomic mass is 32.2. The van der Waals surface area contributed by atoms with Gasteiger partial charge in [-0.05, 0) is 18.2 Å². The molecule has 96 valence electrons. The van der Waals surface area contributed by atoms with E-state index in [4.69, 9.17) is 14.6 Å². The molecule has 2 rings (SSSR count). The molecule has 1 aliphatic rings. The Labute approximate surface area is 110 Å². The van der Waals surface area contributed by atoms with Crippen molar-refractivity contribution in [2.24, 2.45) is 0 Å². The maximum Gasteiger partial charge on any atom is 0.328 e. The summed E-state index contributed by atoms with van der Waals surface area (Å²) >= 11 is 1.56. The lowest BCUT2D eigenvalue weighted by atomic mass is 10.3. The highest BCUT2D eigenvalue weighted by Gasteiger charge is 2.10. The van der Waals surface area contributed by atoms with Crippen molar-refractivity contribution in [3.05, 3.63) is 30.4 Å². The van der Waals surface area contributed by atoms with E-state index in [9.17, 15) is 4.79 Å². The van der Waals surface area contributed by atoms with E-state index in [0.717, 1.165) is 28.9 Å². The van der Waals surface area contributed by atoms with E-state index in [1.54, 1.807) is 17.8 Å². The normalized spacial score (nSPS) is 14.4. The second-order valence-electron chi connectivity index (χ2n) is 3.71. The van der Waals surface area contributed by atoms with Crippen LogP contribution in [0, 0.1) is 0 Å². The van der Waals surface area contributed by atoms with Gasteiger partial charge in [-0.1, -0.05) is 6.08 Å². The van der Waals surface area contributed by atoms with E-state index >= 15 is 0 Å². The van der Waals surface area contributed by atoms with Crippen LogP contribution in [0.4, 0.5) is 0 Å². The van der Waals surface area contributed by atoms with Crippen molar-refractivity contribution in [3.63, 3.8) is 0 Å². The number of rotatable bonds is 4. The molecule has 5 heteroatoms. The monoisotopic (exact) mass is 266 g/mol. The molecule has 0 unspecified atom stereocenters. The van der Waals surface area contributed by atoms with Crippen LogP contribution in [0.25, 0.3) is 0 Å². The molecule has 0 atom stereocenters. The summed E-state index contributed by atoms with van der Waals surface area (Å²) in [5.74, 6) is 1.23. The molecule has 1 aliphatic heterocycles. The van der Waals surface area contributed by atoms with Crippen LogP contribution < -0.4 is 9.47 Å². The van der Waals surface area contributed by atoms with Crippen molar-refractivity contribution in [1.29, 1.82) is 0 Å². The summed E-state index contributed by atoms with van der Waals surface area (Å²) in [7, 11) is 0. The summed E-state index contributed by atoms with van der Waals surface area (Å²) in [4.78, 5) is 11.3. The molecule has 1 aromatic carbocycles. The smallest absolute Gasteiger partial charge is 0.328 e. The van der Waals surface area contributed by atoms with E-state index in [2.05, 4.69) is 0 Å². The van der Waals surface area contributed by atoms with Crippen LogP contribution in [0.15, 0.2) is 35.2 Å². The summed E-state index contributed by atoms with van der Waals surface area (Å²) in [6, 6.07) is 5.77. The standard InChI is InChI=1S/C13H14O4S/c14-13(15)3-1-8-18-10-4-5-11-12(9-10)17-7-2-6-16-11/h1,3-5,9H,2,6-8H2,(H,14,15). The van der Waals surface area contributed by atoms with Gasteiger partial charge in [0.2, 0.25) is 0 Å². The molecule has 1 N–H and O–H groups in total. The number of thioether (sulfide) groups is 1. The maximum atomic E-state index is 10.3. The fourth-order valence-corrected chi connectivity index (χ4v) is 2.27. The largest absolute Gasteiger partial charge is 0.490 e. The van der Waals surface area contributed by atoms with Crippen LogP contribution >= 0.6 is 11.8 Å². The first-order valence-corrected chi connectivity index (χ1v) is 6.66. The molecule has 0 bridgehead atoms. The van der Waals surface area contributed by atoms with E-state index in [1.165, 1.54) is 0 Å². The number of hydrogen-bond donors (Lipinski definition) is 1. The zero-order valence-corrected chi connectivity index (χ0v) is 10.6. The third kappa shape index (κ3) is 3.70. The Kier molecular flexibility index (Phi) is 4.52. The number of hydrogen-bond acceptors (Lipinski definition) is 4. The number of carboxylic acid groups (broad SMARTS) is 1. The Bertz CT molecular complexity index is 456. The predicted octanol–water partition coefficient (Wildman–Crippen LogP) is 2.58. The topological polar surface area (TPSA) is 55.8 Å². The van der Waals surface area contributed by atoms with Gasteiger partial charge in [0.05, 0.1) is 13.2 Å². The zero-order chi connectivity index (χ0) is 12.8. The first kappa shape index (κ1) is 12.8. The average molecular weight is 266 g/mol. The Morgan fingerprint density at radius 2 is 2.11 bits per heavy atom.